The van der Waals surface area contributed by atoms with Gasteiger partial charge in [0.25, 0.3) is 0 Å². The Balaban J connectivity index is -0.0000000267. The van der Waals surface area contributed by atoms with Gasteiger partial charge in [-0.3, -0.25) is 0 Å². The zero-order valence-electron chi connectivity index (χ0n) is 2.74. The van der Waals surface area contributed by atoms with Crippen molar-refractivity contribution in [3.05, 3.63) is 0 Å². The first-order valence-electron chi connectivity index (χ1n) is 0.894. The molecule has 0 aromatic rings. The van der Waals surface area contributed by atoms with Crippen LogP contribution in [0.2, 0.25) is 0 Å². The molecule has 0 amide bonds. The summed E-state index contributed by atoms with van der Waals surface area (Å²) in [5.74, 6) is 0. The maximum Gasteiger partial charge on any atom is 0 e. The summed E-state index contributed by atoms with van der Waals surface area (Å²) in [4.78, 5) is 29.3. The van der Waals surface area contributed by atoms with Gasteiger partial charge in [-0.15, -0.1) is 0 Å². The first kappa shape index (κ1) is 22.4. The summed E-state index contributed by atoms with van der Waals surface area (Å²) in [7, 11) is -4.61. The zero-order chi connectivity index (χ0) is 4.50. The summed E-state index contributed by atoms with van der Waals surface area (Å²) in [5, 5.41) is 0. The van der Waals surface area contributed by atoms with Gasteiger partial charge in [-0.2, -0.15) is 0 Å². The molecule has 4 N–H and O–H groups in total. The zero-order valence-corrected chi connectivity index (χ0v) is 4.63. The molecule has 0 unspecified atom stereocenters. The Labute approximate surface area is 104 Å². The maximum absolute atomic E-state index is 7.33. The minimum atomic E-state index is -4.61. The van der Waals surface area contributed by atoms with Gasteiger partial charge in [0, 0.05) is 9.90 Å². The number of rotatable bonds is 0. The topological polar surface area (TPSA) is 80.9 Å². The molecule has 0 saturated carbocycles. The van der Waals surface area contributed by atoms with Gasteiger partial charge in [-0.1, -0.05) is 0 Å². The molecule has 0 rings (SSSR count). The van der Waals surface area contributed by atoms with E-state index in [4.69, 9.17) is 19.2 Å². The minimum Gasteiger partial charge on any atom is 0 e. The molecule has 0 aromatic carbocycles. The number of hydrogen-bond acceptors (Lipinski definition) is 4. The van der Waals surface area contributed by atoms with E-state index in [0.717, 1.165) is 0 Å². The van der Waals surface area contributed by atoms with Crippen LogP contribution in [0.3, 0.4) is 0 Å². The molecule has 0 aromatic heterocycles. The molecule has 0 saturated heterocycles. The van der Waals surface area contributed by atoms with E-state index in [0.29, 0.717) is 0 Å². The maximum atomic E-state index is 7.33. The van der Waals surface area contributed by atoms with Crippen molar-refractivity contribution in [1.29, 1.82) is 0 Å². The normalized spacial score (nSPS) is 7.50. The Morgan fingerprint density at radius 2 is 0.875 bits per heavy atom. The molecule has 0 spiro atoms. The van der Waals surface area contributed by atoms with E-state index in [9.17, 15) is 0 Å². The van der Waals surface area contributed by atoms with Crippen LogP contribution in [0.4, 0.5) is 0 Å². The average molecular weight is 193 g/mol. The van der Waals surface area contributed by atoms with Gasteiger partial charge in [0.2, 0.25) is 0 Å². The molecule has 3 radical (unpaired) electrons. The van der Waals surface area contributed by atoms with Crippen LogP contribution in [0.15, 0.2) is 0 Å². The van der Waals surface area contributed by atoms with Gasteiger partial charge in [-0.25, -0.2) is 0 Å². The second kappa shape index (κ2) is 9.75. The fourth-order valence-electron chi connectivity index (χ4n) is 0. The number of hydrogen-bond donors (Lipinski definition) is 4. The van der Waals surface area contributed by atoms with Gasteiger partial charge in [0.05, 0.1) is 0 Å². The third-order valence-corrected chi connectivity index (χ3v) is 0. The van der Waals surface area contributed by atoms with Crippen LogP contribution in [-0.4, -0.2) is 95.5 Å². The second-order valence-corrected chi connectivity index (χ2v) is 1.80. The van der Waals surface area contributed by atoms with E-state index in [1.54, 1.807) is 0 Å². The largest absolute Gasteiger partial charge is 0 e. The Morgan fingerprint density at radius 3 is 0.875 bits per heavy atom. The fourth-order valence-corrected chi connectivity index (χ4v) is 0. The van der Waals surface area contributed by atoms with Crippen LogP contribution in [0.5, 0.6) is 0 Å². The molecule has 0 aliphatic heterocycles. The van der Waals surface area contributed by atoms with Crippen molar-refractivity contribution in [3.8, 4) is 0 Å². The van der Waals surface area contributed by atoms with Crippen molar-refractivity contribution in [3.63, 3.8) is 0 Å². The Hall–Kier alpha value is 2.75. The molecule has 0 fully saturated rings. The predicted molar refractivity (Wildman–Crippen MR) is 37.2 cm³/mol. The van der Waals surface area contributed by atoms with E-state index in [-0.39, 0.29) is 77.2 Å². The van der Waals surface area contributed by atoms with E-state index >= 15 is 0 Å². The third kappa shape index (κ3) is 69.6. The van der Waals surface area contributed by atoms with Crippen LogP contribution in [0.1, 0.15) is 0 Å². The quantitative estimate of drug-likeness (QED) is 0.240. The molecular formula is H7CaNaO4PSi. The predicted octanol–water partition coefficient (Wildman–Crippen LogP) is -3.31. The SMILES string of the molecule is O[Si](O)(O)O.[CaH2].[NaH].[P]. The van der Waals surface area contributed by atoms with Crippen LogP contribution >= 0.6 is 9.90 Å². The van der Waals surface area contributed by atoms with E-state index in [1.165, 1.54) is 0 Å². The molecule has 0 aliphatic carbocycles. The van der Waals surface area contributed by atoms with Gasteiger partial charge in [-0.05, 0) is 0 Å². The Kier molecular flexibility index (Phi) is 27.3. The van der Waals surface area contributed by atoms with Gasteiger partial charge < -0.3 is 19.2 Å². The minimum absolute atomic E-state index is 0. The fraction of sp³-hybridized carbons (Fsp3) is 0. The summed E-state index contributed by atoms with van der Waals surface area (Å²) in [6, 6.07) is 0. The van der Waals surface area contributed by atoms with Crippen LogP contribution in [-0.2, 0) is 0 Å². The van der Waals surface area contributed by atoms with Crippen molar-refractivity contribution >= 4 is 86.2 Å². The first-order chi connectivity index (χ1) is 2.00. The average Bonchev–Trinajstić information content (AvgIpc) is 0.722. The van der Waals surface area contributed by atoms with E-state index in [1.807, 2.05) is 0 Å². The standard InChI is InChI=1S/Ca.Na.H4O4Si.P.3H/c;;1-5(2,3)4;;;;/h;;1-4H;;;;. The summed E-state index contributed by atoms with van der Waals surface area (Å²) < 4.78 is 0. The monoisotopic (exact) mass is 193 g/mol. The smallest absolute Gasteiger partial charge is 0 e. The van der Waals surface area contributed by atoms with Crippen LogP contribution < -0.4 is 0 Å². The van der Waals surface area contributed by atoms with E-state index in [2.05, 4.69) is 0 Å². The molecule has 43 valence electrons. The van der Waals surface area contributed by atoms with Gasteiger partial charge in [0.1, 0.15) is 0 Å². The Bertz CT molecular complexity index is 31.5. The summed E-state index contributed by atoms with van der Waals surface area (Å²) in [6.45, 7) is 0. The third-order valence-electron chi connectivity index (χ3n) is 0. The van der Waals surface area contributed by atoms with Crippen LogP contribution in [0.25, 0.3) is 0 Å². The molecule has 8 heteroatoms. The molecule has 0 aliphatic rings. The van der Waals surface area contributed by atoms with Gasteiger partial charge >= 0.3 is 76.3 Å². The van der Waals surface area contributed by atoms with Crippen molar-refractivity contribution < 1.29 is 19.2 Å². The van der Waals surface area contributed by atoms with Crippen molar-refractivity contribution in [2.75, 3.05) is 0 Å². The molecule has 4 nitrogen and oxygen atoms in total. The van der Waals surface area contributed by atoms with Crippen LogP contribution in [0, 0.1) is 0 Å². The summed E-state index contributed by atoms with van der Waals surface area (Å²) in [6.07, 6.45) is 0. The molecule has 0 bridgehead atoms. The second-order valence-electron chi connectivity index (χ2n) is 0.600. The molecule has 0 atom stereocenters. The first-order valence-corrected chi connectivity index (χ1v) is 2.68. The van der Waals surface area contributed by atoms with Crippen molar-refractivity contribution in [2.24, 2.45) is 0 Å². The van der Waals surface area contributed by atoms with Gasteiger partial charge in [0.15, 0.2) is 0 Å². The Morgan fingerprint density at radius 1 is 0.875 bits per heavy atom. The molecule has 8 heavy (non-hydrogen) atoms. The van der Waals surface area contributed by atoms with Crippen molar-refractivity contribution in [2.45, 2.75) is 0 Å². The molecular weight excluding hydrogens is 186 g/mol. The molecule has 0 heterocycles. The van der Waals surface area contributed by atoms with Crippen molar-refractivity contribution in [1.82, 2.24) is 0 Å². The summed E-state index contributed by atoms with van der Waals surface area (Å²) >= 11 is 0. The summed E-state index contributed by atoms with van der Waals surface area (Å²) in [5.41, 5.74) is 0. The van der Waals surface area contributed by atoms with E-state index < -0.39 is 9.05 Å².